The molecule has 0 spiro atoms. The number of aromatic amines is 1. The fraction of sp³-hybridized carbons (Fsp3) is 0.167. The summed E-state index contributed by atoms with van der Waals surface area (Å²) in [6, 6.07) is 4.89. The summed E-state index contributed by atoms with van der Waals surface area (Å²) in [5.41, 5.74) is 0.515. The van der Waals surface area contributed by atoms with Gasteiger partial charge >= 0.3 is 0 Å². The number of rotatable bonds is 3. The first-order chi connectivity index (χ1) is 8.58. The number of benzene rings is 1. The predicted octanol–water partition coefficient (Wildman–Crippen LogP) is 3.32. The van der Waals surface area contributed by atoms with Crippen molar-refractivity contribution in [3.63, 3.8) is 0 Å². The van der Waals surface area contributed by atoms with E-state index in [9.17, 15) is 4.79 Å². The second-order valence-corrected chi connectivity index (χ2v) is 5.06. The fourth-order valence-electron chi connectivity index (χ4n) is 1.50. The maximum Gasteiger partial charge on any atom is 0.251 e. The van der Waals surface area contributed by atoms with Gasteiger partial charge in [0.05, 0.1) is 11.1 Å². The van der Waals surface area contributed by atoms with Crippen LogP contribution in [-0.4, -0.2) is 15.9 Å². The van der Waals surface area contributed by atoms with Gasteiger partial charge in [-0.25, -0.2) is 4.98 Å². The normalized spacial score (nSPS) is 12.2. The van der Waals surface area contributed by atoms with E-state index in [2.05, 4.69) is 31.2 Å². The Bertz CT molecular complexity index is 556. The molecular weight excluding hydrogens is 318 g/mol. The van der Waals surface area contributed by atoms with Crippen LogP contribution in [0.5, 0.6) is 0 Å². The molecule has 2 rings (SSSR count). The lowest BCUT2D eigenvalue weighted by molar-refractivity contribution is 0.0938. The highest BCUT2D eigenvalue weighted by Crippen LogP contribution is 2.23. The Balaban J connectivity index is 2.10. The zero-order valence-corrected chi connectivity index (χ0v) is 11.9. The number of hydrogen-bond donors (Lipinski definition) is 2. The Morgan fingerprint density at radius 3 is 2.94 bits per heavy atom. The SMILES string of the molecule is CC(NC(=O)c1ccc(Br)c(Cl)c1)c1ncc[nH]1. The molecule has 2 aromatic rings. The van der Waals surface area contributed by atoms with Gasteiger partial charge in [-0.3, -0.25) is 4.79 Å². The average Bonchev–Trinajstić information content (AvgIpc) is 2.86. The van der Waals surface area contributed by atoms with E-state index in [0.29, 0.717) is 16.4 Å². The van der Waals surface area contributed by atoms with Gasteiger partial charge in [0.15, 0.2) is 0 Å². The molecule has 1 heterocycles. The Morgan fingerprint density at radius 1 is 1.56 bits per heavy atom. The quantitative estimate of drug-likeness (QED) is 0.908. The van der Waals surface area contributed by atoms with Crippen molar-refractivity contribution in [2.45, 2.75) is 13.0 Å². The van der Waals surface area contributed by atoms with Crippen LogP contribution in [0.1, 0.15) is 29.1 Å². The van der Waals surface area contributed by atoms with Crippen LogP contribution in [0, 0.1) is 0 Å². The summed E-state index contributed by atoms with van der Waals surface area (Å²) in [4.78, 5) is 19.0. The molecule has 0 aliphatic heterocycles. The molecule has 2 N–H and O–H groups in total. The molecule has 4 nitrogen and oxygen atoms in total. The molecule has 0 aliphatic rings. The molecule has 0 aliphatic carbocycles. The van der Waals surface area contributed by atoms with Gasteiger partial charge in [0, 0.05) is 22.4 Å². The minimum atomic E-state index is -0.187. The van der Waals surface area contributed by atoms with Crippen LogP contribution in [-0.2, 0) is 0 Å². The number of halogens is 2. The molecule has 1 aromatic heterocycles. The molecule has 1 unspecified atom stereocenters. The van der Waals surface area contributed by atoms with Crippen LogP contribution >= 0.6 is 27.5 Å². The molecule has 0 saturated heterocycles. The molecule has 6 heteroatoms. The van der Waals surface area contributed by atoms with Gasteiger partial charge in [0.1, 0.15) is 5.82 Å². The average molecular weight is 329 g/mol. The smallest absolute Gasteiger partial charge is 0.251 e. The third-order valence-corrected chi connectivity index (χ3v) is 3.69. The van der Waals surface area contributed by atoms with E-state index >= 15 is 0 Å². The summed E-state index contributed by atoms with van der Waals surface area (Å²) in [5, 5.41) is 3.35. The molecular formula is C12H11BrClN3O. The fourth-order valence-corrected chi connectivity index (χ4v) is 1.93. The maximum absolute atomic E-state index is 12.0. The zero-order valence-electron chi connectivity index (χ0n) is 9.58. The molecule has 1 aromatic carbocycles. The highest BCUT2D eigenvalue weighted by Gasteiger charge is 2.13. The van der Waals surface area contributed by atoms with Crippen molar-refractivity contribution in [1.82, 2.24) is 15.3 Å². The molecule has 0 saturated carbocycles. The summed E-state index contributed by atoms with van der Waals surface area (Å²) < 4.78 is 0.764. The van der Waals surface area contributed by atoms with Crippen LogP contribution in [0.4, 0.5) is 0 Å². The van der Waals surface area contributed by atoms with Gasteiger partial charge in [-0.05, 0) is 41.1 Å². The Kier molecular flexibility index (Phi) is 4.04. The number of carbonyl (C=O) groups is 1. The minimum absolute atomic E-state index is 0.185. The van der Waals surface area contributed by atoms with Crippen LogP contribution in [0.3, 0.4) is 0 Å². The third-order valence-electron chi connectivity index (χ3n) is 2.46. The van der Waals surface area contributed by atoms with Crippen molar-refractivity contribution >= 4 is 33.4 Å². The second-order valence-electron chi connectivity index (χ2n) is 3.80. The summed E-state index contributed by atoms with van der Waals surface area (Å²) in [6.07, 6.45) is 3.36. The van der Waals surface area contributed by atoms with E-state index in [4.69, 9.17) is 11.6 Å². The van der Waals surface area contributed by atoms with E-state index in [1.165, 1.54) is 0 Å². The monoisotopic (exact) mass is 327 g/mol. The van der Waals surface area contributed by atoms with Crippen LogP contribution in [0.15, 0.2) is 35.1 Å². The van der Waals surface area contributed by atoms with Crippen molar-refractivity contribution in [1.29, 1.82) is 0 Å². The van der Waals surface area contributed by atoms with Crippen molar-refractivity contribution in [3.05, 3.63) is 51.5 Å². The second kappa shape index (κ2) is 5.54. The number of amides is 1. The molecule has 0 fully saturated rings. The minimum Gasteiger partial charge on any atom is -0.347 e. The van der Waals surface area contributed by atoms with Crippen LogP contribution in [0.2, 0.25) is 5.02 Å². The molecule has 1 atom stereocenters. The van der Waals surface area contributed by atoms with Crippen LogP contribution in [0.25, 0.3) is 0 Å². The number of H-pyrrole nitrogens is 1. The van der Waals surface area contributed by atoms with Crippen LogP contribution < -0.4 is 5.32 Å². The topological polar surface area (TPSA) is 57.8 Å². The highest BCUT2D eigenvalue weighted by atomic mass is 79.9. The van der Waals surface area contributed by atoms with Crippen molar-refractivity contribution in [2.75, 3.05) is 0 Å². The maximum atomic E-state index is 12.0. The number of aromatic nitrogens is 2. The number of nitrogens with one attached hydrogen (secondary N) is 2. The largest absolute Gasteiger partial charge is 0.347 e. The van der Waals surface area contributed by atoms with E-state index in [0.717, 1.165) is 4.47 Å². The summed E-state index contributed by atoms with van der Waals surface area (Å²) in [7, 11) is 0. The molecule has 0 bridgehead atoms. The Hall–Kier alpha value is -1.33. The number of hydrogen-bond acceptors (Lipinski definition) is 2. The van der Waals surface area contributed by atoms with Gasteiger partial charge < -0.3 is 10.3 Å². The van der Waals surface area contributed by atoms with Gasteiger partial charge in [-0.2, -0.15) is 0 Å². The number of carbonyl (C=O) groups excluding carboxylic acids is 1. The van der Waals surface area contributed by atoms with E-state index in [-0.39, 0.29) is 11.9 Å². The Labute approximate surface area is 118 Å². The zero-order chi connectivity index (χ0) is 13.1. The summed E-state index contributed by atoms with van der Waals surface area (Å²) in [6.45, 7) is 1.86. The Morgan fingerprint density at radius 2 is 2.33 bits per heavy atom. The van der Waals surface area contributed by atoms with E-state index in [1.54, 1.807) is 30.6 Å². The lowest BCUT2D eigenvalue weighted by atomic mass is 10.2. The van der Waals surface area contributed by atoms with Crippen molar-refractivity contribution in [3.8, 4) is 0 Å². The highest BCUT2D eigenvalue weighted by molar-refractivity contribution is 9.10. The van der Waals surface area contributed by atoms with Crippen molar-refractivity contribution < 1.29 is 4.79 Å². The molecule has 0 radical (unpaired) electrons. The van der Waals surface area contributed by atoms with Crippen molar-refractivity contribution in [2.24, 2.45) is 0 Å². The van der Waals surface area contributed by atoms with Gasteiger partial charge in [-0.15, -0.1) is 0 Å². The van der Waals surface area contributed by atoms with Gasteiger partial charge in [0.25, 0.3) is 5.91 Å². The number of imidazole rings is 1. The lowest BCUT2D eigenvalue weighted by Gasteiger charge is -2.11. The predicted molar refractivity (Wildman–Crippen MR) is 73.6 cm³/mol. The standard InChI is InChI=1S/C12H11BrClN3O/c1-7(11-15-4-5-16-11)17-12(18)8-2-3-9(13)10(14)6-8/h2-7H,1H3,(H,15,16)(H,17,18). The molecule has 1 amide bonds. The first kappa shape index (κ1) is 13.1. The van der Waals surface area contributed by atoms with E-state index < -0.39 is 0 Å². The van der Waals surface area contributed by atoms with Gasteiger partial charge in [-0.1, -0.05) is 11.6 Å². The third kappa shape index (κ3) is 2.91. The molecule has 94 valence electrons. The lowest BCUT2D eigenvalue weighted by Crippen LogP contribution is -2.27. The summed E-state index contributed by atoms with van der Waals surface area (Å²) >= 11 is 9.23. The molecule has 18 heavy (non-hydrogen) atoms. The first-order valence-electron chi connectivity index (χ1n) is 5.33. The first-order valence-corrected chi connectivity index (χ1v) is 6.50. The van der Waals surface area contributed by atoms with E-state index in [1.807, 2.05) is 6.92 Å². The number of nitrogens with zero attached hydrogens (tertiary/aromatic N) is 1. The summed E-state index contributed by atoms with van der Waals surface area (Å²) in [5.74, 6) is 0.528. The van der Waals surface area contributed by atoms with Gasteiger partial charge in [0.2, 0.25) is 0 Å².